The molecule has 5 heteroatoms. The van der Waals surface area contributed by atoms with Crippen LogP contribution in [0.25, 0.3) is 11.3 Å². The maximum absolute atomic E-state index is 13.5. The highest BCUT2D eigenvalue weighted by Crippen LogP contribution is 2.49. The van der Waals surface area contributed by atoms with Gasteiger partial charge in [-0.05, 0) is 84.2 Å². The van der Waals surface area contributed by atoms with Crippen molar-refractivity contribution in [2.75, 3.05) is 39.4 Å². The molecular weight excluding hydrogens is 470 g/mol. The van der Waals surface area contributed by atoms with E-state index in [1.54, 1.807) is 0 Å². The summed E-state index contributed by atoms with van der Waals surface area (Å²) >= 11 is 0. The Morgan fingerprint density at radius 2 is 1.79 bits per heavy atom. The Labute approximate surface area is 231 Å². The zero-order valence-corrected chi connectivity index (χ0v) is 24.5. The standard InChI is InChI=1S/C33H49N3O2.H2/c1-24-29(31(37)34-13-14-35-15-17-38-18-16-35)22-30(36(24)23-25-9-7-6-8-10-25)26-19-27(32(2,3)4)21-28(20-26)33(5)11-12-33;/h19-22,25H,6-18,23H2,1-5H3,(H,34,37);1H. The van der Waals surface area contributed by atoms with Gasteiger partial charge in [0.1, 0.15) is 0 Å². The molecular formula is C33H51N3O2. The van der Waals surface area contributed by atoms with Gasteiger partial charge in [0.25, 0.3) is 5.91 Å². The largest absolute Gasteiger partial charge is 0.379 e. The van der Waals surface area contributed by atoms with E-state index in [1.165, 1.54) is 67.3 Å². The second kappa shape index (κ2) is 11.2. The lowest BCUT2D eigenvalue weighted by atomic mass is 9.82. The smallest absolute Gasteiger partial charge is 0.253 e. The van der Waals surface area contributed by atoms with Crippen molar-refractivity contribution in [3.8, 4) is 11.3 Å². The summed E-state index contributed by atoms with van der Waals surface area (Å²) in [6.07, 6.45) is 9.14. The van der Waals surface area contributed by atoms with Crippen molar-refractivity contribution in [3.05, 3.63) is 46.6 Å². The fraction of sp³-hybridized carbons (Fsp3) is 0.667. The zero-order valence-electron chi connectivity index (χ0n) is 24.5. The minimum Gasteiger partial charge on any atom is -0.379 e. The molecule has 2 aromatic rings. The van der Waals surface area contributed by atoms with Crippen LogP contribution in [0.15, 0.2) is 24.3 Å². The van der Waals surface area contributed by atoms with E-state index in [2.05, 4.69) is 73.7 Å². The topological polar surface area (TPSA) is 46.5 Å². The van der Waals surface area contributed by atoms with Crippen LogP contribution in [0, 0.1) is 12.8 Å². The molecule has 0 atom stereocenters. The highest BCUT2D eigenvalue weighted by atomic mass is 16.5. The molecule has 1 saturated heterocycles. The molecule has 1 aliphatic heterocycles. The van der Waals surface area contributed by atoms with Crippen LogP contribution in [-0.2, 0) is 22.1 Å². The summed E-state index contributed by atoms with van der Waals surface area (Å²) in [5.74, 6) is 0.748. The molecule has 2 aliphatic carbocycles. The molecule has 1 N–H and O–H groups in total. The summed E-state index contributed by atoms with van der Waals surface area (Å²) < 4.78 is 7.94. The number of benzene rings is 1. The van der Waals surface area contributed by atoms with Crippen LogP contribution >= 0.6 is 0 Å². The summed E-state index contributed by atoms with van der Waals surface area (Å²) in [6, 6.07) is 9.44. The van der Waals surface area contributed by atoms with E-state index in [9.17, 15) is 4.79 Å². The Hall–Kier alpha value is -2.11. The number of hydrogen-bond donors (Lipinski definition) is 1. The summed E-state index contributed by atoms with van der Waals surface area (Å²) in [6.45, 7) is 17.5. The normalized spacial score (nSPS) is 20.4. The van der Waals surface area contributed by atoms with Gasteiger partial charge >= 0.3 is 0 Å². The molecule has 0 unspecified atom stereocenters. The number of ether oxygens (including phenoxy) is 1. The molecule has 0 spiro atoms. The molecule has 0 radical (unpaired) electrons. The zero-order chi connectivity index (χ0) is 26.9. The molecule has 5 rings (SSSR count). The number of carbonyl (C=O) groups is 1. The predicted octanol–water partition coefficient (Wildman–Crippen LogP) is 6.70. The molecule has 3 fully saturated rings. The second-order valence-electron chi connectivity index (χ2n) is 13.5. The first-order valence-electron chi connectivity index (χ1n) is 15.1. The maximum atomic E-state index is 13.5. The fourth-order valence-corrected chi connectivity index (χ4v) is 6.26. The van der Waals surface area contributed by atoms with Crippen LogP contribution in [0.3, 0.4) is 0 Å². The van der Waals surface area contributed by atoms with Gasteiger partial charge in [0.05, 0.1) is 18.8 Å². The Morgan fingerprint density at radius 3 is 2.45 bits per heavy atom. The van der Waals surface area contributed by atoms with Gasteiger partial charge in [0.15, 0.2) is 0 Å². The SMILES string of the molecule is Cc1c(C(=O)NCCN2CCOCC2)cc(-c2cc(C(C)(C)C)cc(C3(C)CC3)c2)n1CC1CCCCC1.[HH]. The number of nitrogens with zero attached hydrogens (tertiary/aromatic N) is 2. The minimum absolute atomic E-state index is 0. The first kappa shape index (κ1) is 27.5. The summed E-state index contributed by atoms with van der Waals surface area (Å²) in [4.78, 5) is 15.9. The van der Waals surface area contributed by atoms with Gasteiger partial charge in [-0.1, -0.05) is 53.0 Å². The lowest BCUT2D eigenvalue weighted by molar-refractivity contribution is 0.0383. The Bertz CT molecular complexity index is 1110. The van der Waals surface area contributed by atoms with Crippen molar-refractivity contribution in [2.24, 2.45) is 5.92 Å². The molecule has 0 bridgehead atoms. The summed E-state index contributed by atoms with van der Waals surface area (Å²) in [7, 11) is 0. The van der Waals surface area contributed by atoms with Gasteiger partial charge in [-0.3, -0.25) is 9.69 Å². The van der Waals surface area contributed by atoms with E-state index in [0.717, 1.165) is 50.7 Å². The van der Waals surface area contributed by atoms with E-state index in [1.807, 2.05) is 0 Å². The summed E-state index contributed by atoms with van der Waals surface area (Å²) in [5.41, 5.74) is 7.64. The first-order chi connectivity index (χ1) is 18.1. The lowest BCUT2D eigenvalue weighted by Crippen LogP contribution is -2.41. The number of nitrogens with one attached hydrogen (secondary N) is 1. The maximum Gasteiger partial charge on any atom is 0.253 e. The van der Waals surface area contributed by atoms with E-state index >= 15 is 0 Å². The third kappa shape index (κ3) is 6.20. The third-order valence-electron chi connectivity index (χ3n) is 9.39. The molecule has 2 heterocycles. The molecule has 1 aromatic heterocycles. The predicted molar refractivity (Wildman–Crippen MR) is 158 cm³/mol. The Morgan fingerprint density at radius 1 is 1.08 bits per heavy atom. The van der Waals surface area contributed by atoms with Crippen molar-refractivity contribution < 1.29 is 11.0 Å². The van der Waals surface area contributed by atoms with Gasteiger partial charge in [0, 0.05) is 45.5 Å². The number of carbonyl (C=O) groups excluding carboxylic acids is 1. The van der Waals surface area contributed by atoms with E-state index < -0.39 is 0 Å². The van der Waals surface area contributed by atoms with Crippen molar-refractivity contribution in [2.45, 2.75) is 96.9 Å². The minimum atomic E-state index is 0. The van der Waals surface area contributed by atoms with Crippen molar-refractivity contribution >= 4 is 5.91 Å². The average Bonchev–Trinajstić information content (AvgIpc) is 3.58. The monoisotopic (exact) mass is 521 g/mol. The van der Waals surface area contributed by atoms with E-state index in [-0.39, 0.29) is 12.7 Å². The molecule has 1 aromatic carbocycles. The van der Waals surface area contributed by atoms with Crippen molar-refractivity contribution in [3.63, 3.8) is 0 Å². The van der Waals surface area contributed by atoms with E-state index in [4.69, 9.17) is 4.74 Å². The average molecular weight is 522 g/mol. The number of morpholine rings is 1. The third-order valence-corrected chi connectivity index (χ3v) is 9.39. The van der Waals surface area contributed by atoms with Crippen molar-refractivity contribution in [1.29, 1.82) is 0 Å². The van der Waals surface area contributed by atoms with Gasteiger partial charge in [-0.25, -0.2) is 0 Å². The summed E-state index contributed by atoms with van der Waals surface area (Å²) in [5, 5.41) is 3.23. The number of aromatic nitrogens is 1. The van der Waals surface area contributed by atoms with Gasteiger partial charge < -0.3 is 14.6 Å². The van der Waals surface area contributed by atoms with Crippen LogP contribution in [-0.4, -0.2) is 54.8 Å². The number of rotatable bonds is 8. The van der Waals surface area contributed by atoms with Crippen LogP contribution in [0.5, 0.6) is 0 Å². The fourth-order valence-electron chi connectivity index (χ4n) is 6.26. The highest BCUT2D eigenvalue weighted by Gasteiger charge is 2.40. The second-order valence-corrected chi connectivity index (χ2v) is 13.5. The van der Waals surface area contributed by atoms with Crippen LogP contribution in [0.2, 0.25) is 0 Å². The molecule has 1 amide bonds. The molecule has 5 nitrogen and oxygen atoms in total. The van der Waals surface area contributed by atoms with Gasteiger partial charge in [-0.15, -0.1) is 0 Å². The van der Waals surface area contributed by atoms with Crippen LogP contribution in [0.4, 0.5) is 0 Å². The van der Waals surface area contributed by atoms with Crippen LogP contribution in [0.1, 0.15) is 101 Å². The van der Waals surface area contributed by atoms with Crippen molar-refractivity contribution in [1.82, 2.24) is 14.8 Å². The Balaban J connectivity index is 0.00000353. The highest BCUT2D eigenvalue weighted by molar-refractivity contribution is 5.97. The number of amides is 1. The molecule has 38 heavy (non-hydrogen) atoms. The van der Waals surface area contributed by atoms with Crippen LogP contribution < -0.4 is 5.32 Å². The van der Waals surface area contributed by atoms with Gasteiger partial charge in [0.2, 0.25) is 0 Å². The first-order valence-corrected chi connectivity index (χ1v) is 15.1. The Kier molecular flexibility index (Phi) is 8.07. The quantitative estimate of drug-likeness (QED) is 0.420. The van der Waals surface area contributed by atoms with Gasteiger partial charge in [-0.2, -0.15) is 0 Å². The number of hydrogen-bond acceptors (Lipinski definition) is 3. The van der Waals surface area contributed by atoms with E-state index in [0.29, 0.717) is 17.9 Å². The molecule has 2 saturated carbocycles. The molecule has 3 aliphatic rings. The lowest BCUT2D eigenvalue weighted by Gasteiger charge is -2.26. The molecule has 210 valence electrons.